The summed E-state index contributed by atoms with van der Waals surface area (Å²) >= 11 is 5.99. The molecule has 122 valence electrons. The number of benzene rings is 2. The van der Waals surface area contributed by atoms with Gasteiger partial charge in [-0.1, -0.05) is 23.7 Å². The Kier molecular flexibility index (Phi) is 6.11. The molecule has 0 spiro atoms. The van der Waals surface area contributed by atoms with Gasteiger partial charge >= 0.3 is 0 Å². The van der Waals surface area contributed by atoms with Gasteiger partial charge < -0.3 is 19.5 Å². The van der Waals surface area contributed by atoms with Crippen molar-refractivity contribution in [3.05, 3.63) is 53.1 Å². The third-order valence-corrected chi connectivity index (χ3v) is 3.41. The van der Waals surface area contributed by atoms with Gasteiger partial charge in [0.2, 0.25) is 0 Å². The van der Waals surface area contributed by atoms with E-state index in [4.69, 9.17) is 25.8 Å². The number of carbonyl (C=O) groups is 1. The number of rotatable bonds is 7. The lowest BCUT2D eigenvalue weighted by Crippen LogP contribution is -2.28. The fourth-order valence-electron chi connectivity index (χ4n) is 1.93. The van der Waals surface area contributed by atoms with Gasteiger partial charge in [0.05, 0.1) is 25.8 Å². The van der Waals surface area contributed by atoms with Crippen LogP contribution in [0, 0.1) is 0 Å². The molecule has 0 aliphatic rings. The van der Waals surface area contributed by atoms with Gasteiger partial charge in [0.1, 0.15) is 23.9 Å². The summed E-state index contributed by atoms with van der Waals surface area (Å²) in [7, 11) is 3.07. The van der Waals surface area contributed by atoms with Crippen molar-refractivity contribution in [1.29, 1.82) is 0 Å². The van der Waals surface area contributed by atoms with Gasteiger partial charge in [0, 0.05) is 11.6 Å². The third kappa shape index (κ3) is 4.79. The molecule has 0 unspecified atom stereocenters. The van der Waals surface area contributed by atoms with Crippen molar-refractivity contribution in [1.82, 2.24) is 5.32 Å². The number of hydrogen-bond acceptors (Lipinski definition) is 4. The zero-order valence-corrected chi connectivity index (χ0v) is 13.7. The van der Waals surface area contributed by atoms with Crippen LogP contribution in [0.1, 0.15) is 10.4 Å². The van der Waals surface area contributed by atoms with E-state index < -0.39 is 0 Å². The first-order valence-corrected chi connectivity index (χ1v) is 7.40. The lowest BCUT2D eigenvalue weighted by atomic mass is 10.2. The van der Waals surface area contributed by atoms with Crippen molar-refractivity contribution in [2.24, 2.45) is 0 Å². The minimum Gasteiger partial charge on any atom is -0.497 e. The van der Waals surface area contributed by atoms with Crippen molar-refractivity contribution in [2.45, 2.75) is 0 Å². The van der Waals surface area contributed by atoms with Crippen LogP contribution in [0.15, 0.2) is 42.5 Å². The number of methoxy groups -OCH3 is 2. The minimum atomic E-state index is -0.232. The molecule has 1 N–H and O–H groups in total. The number of nitrogens with one attached hydrogen (secondary N) is 1. The fraction of sp³-hybridized carbons (Fsp3) is 0.235. The molecule has 23 heavy (non-hydrogen) atoms. The zero-order chi connectivity index (χ0) is 16.7. The first-order valence-electron chi connectivity index (χ1n) is 7.02. The molecule has 0 radical (unpaired) electrons. The molecule has 0 fully saturated rings. The van der Waals surface area contributed by atoms with Gasteiger partial charge in [-0.15, -0.1) is 0 Å². The molecule has 0 saturated heterocycles. The van der Waals surface area contributed by atoms with Gasteiger partial charge in [0.25, 0.3) is 5.91 Å². The van der Waals surface area contributed by atoms with Crippen molar-refractivity contribution < 1.29 is 19.0 Å². The molecule has 0 heterocycles. The van der Waals surface area contributed by atoms with Gasteiger partial charge in [-0.05, 0) is 24.3 Å². The minimum absolute atomic E-state index is 0.232. The lowest BCUT2D eigenvalue weighted by molar-refractivity contribution is 0.0946. The van der Waals surface area contributed by atoms with E-state index in [1.807, 2.05) is 12.1 Å². The molecule has 0 atom stereocenters. The molecule has 0 aliphatic carbocycles. The van der Waals surface area contributed by atoms with Crippen molar-refractivity contribution in [3.63, 3.8) is 0 Å². The van der Waals surface area contributed by atoms with E-state index in [1.54, 1.807) is 30.3 Å². The summed E-state index contributed by atoms with van der Waals surface area (Å²) in [5, 5.41) is 3.31. The van der Waals surface area contributed by atoms with Crippen LogP contribution in [0.5, 0.6) is 17.2 Å². The number of para-hydroxylation sites is 1. The number of halogens is 1. The maximum Gasteiger partial charge on any atom is 0.251 e. The van der Waals surface area contributed by atoms with Crippen molar-refractivity contribution in [2.75, 3.05) is 27.4 Å². The smallest absolute Gasteiger partial charge is 0.251 e. The van der Waals surface area contributed by atoms with Crippen molar-refractivity contribution >= 4 is 17.5 Å². The Hall–Kier alpha value is -2.40. The van der Waals surface area contributed by atoms with Crippen LogP contribution in [0.2, 0.25) is 5.02 Å². The summed E-state index contributed by atoms with van der Waals surface area (Å²) in [4.78, 5) is 12.2. The van der Waals surface area contributed by atoms with E-state index in [9.17, 15) is 4.79 Å². The Balaban J connectivity index is 1.89. The van der Waals surface area contributed by atoms with E-state index in [-0.39, 0.29) is 5.91 Å². The van der Waals surface area contributed by atoms with E-state index in [0.717, 1.165) is 0 Å². The molecule has 2 rings (SSSR count). The standard InChI is InChI=1S/C17H18ClNO4/c1-21-13-9-12(10-14(11-13)22-2)17(20)19-7-8-23-16-6-4-3-5-15(16)18/h3-6,9-11H,7-8H2,1-2H3,(H,19,20). The molecule has 2 aromatic rings. The summed E-state index contributed by atoms with van der Waals surface area (Å²) in [6.07, 6.45) is 0. The first kappa shape index (κ1) is 17.0. The Bertz CT molecular complexity index is 653. The van der Waals surface area contributed by atoms with Crippen LogP contribution in [0.4, 0.5) is 0 Å². The molecule has 6 heteroatoms. The van der Waals surface area contributed by atoms with E-state index in [0.29, 0.717) is 41.0 Å². The van der Waals surface area contributed by atoms with Crippen molar-refractivity contribution in [3.8, 4) is 17.2 Å². The molecular weight excluding hydrogens is 318 g/mol. The molecule has 0 bridgehead atoms. The average Bonchev–Trinajstić information content (AvgIpc) is 2.59. The Morgan fingerprint density at radius 2 is 1.74 bits per heavy atom. The van der Waals surface area contributed by atoms with Crippen LogP contribution in [-0.2, 0) is 0 Å². The second kappa shape index (κ2) is 8.29. The normalized spacial score (nSPS) is 10.0. The van der Waals surface area contributed by atoms with Gasteiger partial charge in [0.15, 0.2) is 0 Å². The monoisotopic (exact) mass is 335 g/mol. The topological polar surface area (TPSA) is 56.8 Å². The molecule has 2 aromatic carbocycles. The molecule has 5 nitrogen and oxygen atoms in total. The van der Waals surface area contributed by atoms with Crippen LogP contribution in [0.25, 0.3) is 0 Å². The highest BCUT2D eigenvalue weighted by Gasteiger charge is 2.09. The van der Waals surface area contributed by atoms with E-state index >= 15 is 0 Å². The molecule has 0 saturated carbocycles. The highest BCUT2D eigenvalue weighted by molar-refractivity contribution is 6.32. The second-order valence-corrected chi connectivity index (χ2v) is 5.04. The molecular formula is C17H18ClNO4. The summed E-state index contributed by atoms with van der Waals surface area (Å²) < 4.78 is 15.8. The molecule has 0 aliphatic heterocycles. The van der Waals surface area contributed by atoms with Crippen LogP contribution < -0.4 is 19.5 Å². The summed E-state index contributed by atoms with van der Waals surface area (Å²) in [6.45, 7) is 0.667. The lowest BCUT2D eigenvalue weighted by Gasteiger charge is -2.10. The average molecular weight is 336 g/mol. The van der Waals surface area contributed by atoms with Crippen LogP contribution >= 0.6 is 11.6 Å². The SMILES string of the molecule is COc1cc(OC)cc(C(=O)NCCOc2ccccc2Cl)c1. The number of ether oxygens (including phenoxy) is 3. The number of hydrogen-bond donors (Lipinski definition) is 1. The largest absolute Gasteiger partial charge is 0.497 e. The van der Waals surface area contributed by atoms with E-state index in [1.165, 1.54) is 14.2 Å². The Labute approximate surface area is 140 Å². The van der Waals surface area contributed by atoms with E-state index in [2.05, 4.69) is 5.32 Å². The Morgan fingerprint density at radius 3 is 2.35 bits per heavy atom. The molecule has 0 aromatic heterocycles. The highest BCUT2D eigenvalue weighted by atomic mass is 35.5. The maximum atomic E-state index is 12.2. The quantitative estimate of drug-likeness (QED) is 0.790. The van der Waals surface area contributed by atoms with Crippen LogP contribution in [-0.4, -0.2) is 33.3 Å². The summed E-state index contributed by atoms with van der Waals surface area (Å²) in [5.41, 5.74) is 0.457. The first-order chi connectivity index (χ1) is 11.1. The fourth-order valence-corrected chi connectivity index (χ4v) is 2.12. The summed E-state index contributed by atoms with van der Waals surface area (Å²) in [6, 6.07) is 12.2. The van der Waals surface area contributed by atoms with Gasteiger partial charge in [-0.3, -0.25) is 4.79 Å². The zero-order valence-electron chi connectivity index (χ0n) is 13.0. The molecule has 1 amide bonds. The highest BCUT2D eigenvalue weighted by Crippen LogP contribution is 2.23. The van der Waals surface area contributed by atoms with Crippen LogP contribution in [0.3, 0.4) is 0 Å². The third-order valence-electron chi connectivity index (χ3n) is 3.10. The Morgan fingerprint density at radius 1 is 1.09 bits per heavy atom. The summed E-state index contributed by atoms with van der Waals surface area (Å²) in [5.74, 6) is 1.47. The predicted molar refractivity (Wildman–Crippen MR) is 88.8 cm³/mol. The number of amides is 1. The maximum absolute atomic E-state index is 12.2. The number of carbonyl (C=O) groups excluding carboxylic acids is 1. The predicted octanol–water partition coefficient (Wildman–Crippen LogP) is 3.17. The second-order valence-electron chi connectivity index (χ2n) is 4.64. The van der Waals surface area contributed by atoms with Gasteiger partial charge in [-0.25, -0.2) is 0 Å². The van der Waals surface area contributed by atoms with Gasteiger partial charge in [-0.2, -0.15) is 0 Å².